The standard InChI is InChI=1S/C17H19N3O4S/c21-16-9-18-19(15-4-2-1-3-14(15)16)10-17(22)20(12-5-6-12)13-7-8-25(23,24)11-13/h1-4,9,12-13H,5-8,10-11H2. The van der Waals surface area contributed by atoms with Crippen molar-refractivity contribution in [2.45, 2.75) is 37.9 Å². The van der Waals surface area contributed by atoms with Crippen molar-refractivity contribution in [3.8, 4) is 0 Å². The van der Waals surface area contributed by atoms with Crippen LogP contribution >= 0.6 is 0 Å². The average molecular weight is 361 g/mol. The fourth-order valence-electron chi connectivity index (χ4n) is 3.55. The van der Waals surface area contributed by atoms with Crippen LogP contribution < -0.4 is 5.43 Å². The number of fused-ring (bicyclic) bond motifs is 1. The molecule has 0 spiro atoms. The van der Waals surface area contributed by atoms with E-state index in [4.69, 9.17) is 0 Å². The van der Waals surface area contributed by atoms with Crippen LogP contribution in [0.2, 0.25) is 0 Å². The molecule has 1 aliphatic heterocycles. The van der Waals surface area contributed by atoms with Gasteiger partial charge in [-0.3, -0.25) is 14.3 Å². The van der Waals surface area contributed by atoms with E-state index >= 15 is 0 Å². The van der Waals surface area contributed by atoms with Crippen molar-refractivity contribution in [2.24, 2.45) is 0 Å². The fraction of sp³-hybridized carbons (Fsp3) is 0.471. The molecule has 1 saturated carbocycles. The summed E-state index contributed by atoms with van der Waals surface area (Å²) < 4.78 is 25.1. The van der Waals surface area contributed by atoms with Gasteiger partial charge in [0.05, 0.1) is 23.2 Å². The average Bonchev–Trinajstić information content (AvgIpc) is 3.34. The highest BCUT2D eigenvalue weighted by Crippen LogP contribution is 2.32. The van der Waals surface area contributed by atoms with Crippen LogP contribution in [0.25, 0.3) is 10.9 Å². The number of aromatic nitrogens is 2. The van der Waals surface area contributed by atoms with Crippen LogP contribution in [0.4, 0.5) is 0 Å². The molecule has 2 aliphatic rings. The molecule has 1 amide bonds. The molecule has 1 aliphatic carbocycles. The molecule has 0 N–H and O–H groups in total. The Morgan fingerprint density at radius 2 is 1.96 bits per heavy atom. The van der Waals surface area contributed by atoms with Gasteiger partial charge < -0.3 is 4.90 Å². The second-order valence-electron chi connectivity index (χ2n) is 6.77. The molecule has 8 heteroatoms. The first kappa shape index (κ1) is 16.3. The zero-order chi connectivity index (χ0) is 17.6. The van der Waals surface area contributed by atoms with Crippen LogP contribution in [0, 0.1) is 0 Å². The summed E-state index contributed by atoms with van der Waals surface area (Å²) >= 11 is 0. The Balaban J connectivity index is 1.63. The largest absolute Gasteiger partial charge is 0.334 e. The van der Waals surface area contributed by atoms with Gasteiger partial charge in [0.15, 0.2) is 9.84 Å². The van der Waals surface area contributed by atoms with Gasteiger partial charge in [0.1, 0.15) is 6.54 Å². The predicted octanol–water partition coefficient (Wildman–Crippen LogP) is 0.575. The van der Waals surface area contributed by atoms with Gasteiger partial charge in [-0.25, -0.2) is 8.42 Å². The van der Waals surface area contributed by atoms with Crippen LogP contribution in [-0.2, 0) is 21.2 Å². The Bertz CT molecular complexity index is 994. The van der Waals surface area contributed by atoms with Crippen molar-refractivity contribution in [3.63, 3.8) is 0 Å². The quantitative estimate of drug-likeness (QED) is 0.794. The van der Waals surface area contributed by atoms with E-state index in [1.54, 1.807) is 29.2 Å². The third-order valence-electron chi connectivity index (χ3n) is 4.88. The van der Waals surface area contributed by atoms with Gasteiger partial charge in [0.25, 0.3) is 0 Å². The second-order valence-corrected chi connectivity index (χ2v) is 9.00. The van der Waals surface area contributed by atoms with Crippen molar-refractivity contribution >= 4 is 26.6 Å². The van der Waals surface area contributed by atoms with Gasteiger partial charge in [0.2, 0.25) is 11.3 Å². The molecule has 2 aromatic rings. The minimum Gasteiger partial charge on any atom is -0.334 e. The highest BCUT2D eigenvalue weighted by atomic mass is 32.2. The highest BCUT2D eigenvalue weighted by Gasteiger charge is 2.42. The number of hydrogen-bond acceptors (Lipinski definition) is 5. The van der Waals surface area contributed by atoms with E-state index in [1.165, 1.54) is 10.9 Å². The lowest BCUT2D eigenvalue weighted by atomic mass is 10.2. The lowest BCUT2D eigenvalue weighted by molar-refractivity contribution is -0.134. The monoisotopic (exact) mass is 361 g/mol. The normalized spacial score (nSPS) is 22.2. The van der Waals surface area contributed by atoms with Crippen LogP contribution in [-0.4, -0.2) is 52.6 Å². The molecule has 1 atom stereocenters. The van der Waals surface area contributed by atoms with Gasteiger partial charge >= 0.3 is 0 Å². The number of sulfone groups is 1. The number of nitrogens with zero attached hydrogens (tertiary/aromatic N) is 3. The predicted molar refractivity (Wildman–Crippen MR) is 92.9 cm³/mol. The third kappa shape index (κ3) is 3.18. The summed E-state index contributed by atoms with van der Waals surface area (Å²) in [5.41, 5.74) is 0.429. The number of benzene rings is 1. The van der Waals surface area contributed by atoms with Gasteiger partial charge in [-0.2, -0.15) is 5.10 Å². The van der Waals surface area contributed by atoms with Crippen LogP contribution in [0.15, 0.2) is 35.3 Å². The van der Waals surface area contributed by atoms with E-state index in [9.17, 15) is 18.0 Å². The minimum atomic E-state index is -3.05. The molecule has 7 nitrogen and oxygen atoms in total. The lowest BCUT2D eigenvalue weighted by Crippen LogP contribution is -2.44. The Kier molecular flexibility index (Phi) is 3.87. The molecule has 4 rings (SSSR count). The zero-order valence-corrected chi connectivity index (χ0v) is 14.5. The topological polar surface area (TPSA) is 89.3 Å². The molecule has 1 aromatic carbocycles. The lowest BCUT2D eigenvalue weighted by Gasteiger charge is -2.28. The van der Waals surface area contributed by atoms with E-state index in [1.807, 2.05) is 0 Å². The smallest absolute Gasteiger partial charge is 0.244 e. The van der Waals surface area contributed by atoms with Gasteiger partial charge in [-0.15, -0.1) is 0 Å². The molecule has 0 radical (unpaired) electrons. The van der Waals surface area contributed by atoms with Gasteiger partial charge in [0, 0.05) is 17.5 Å². The number of para-hydroxylation sites is 1. The van der Waals surface area contributed by atoms with Gasteiger partial charge in [-0.1, -0.05) is 12.1 Å². The zero-order valence-electron chi connectivity index (χ0n) is 13.7. The summed E-state index contributed by atoms with van der Waals surface area (Å²) in [7, 11) is -3.05. The van der Waals surface area contributed by atoms with E-state index in [-0.39, 0.29) is 41.5 Å². The number of carbonyl (C=O) groups is 1. The number of rotatable bonds is 4. The minimum absolute atomic E-state index is 0.00778. The summed E-state index contributed by atoms with van der Waals surface area (Å²) in [6.45, 7) is 0.00778. The molecule has 1 unspecified atom stereocenters. The molecule has 2 fully saturated rings. The Morgan fingerprint density at radius 3 is 2.64 bits per heavy atom. The fourth-order valence-corrected chi connectivity index (χ4v) is 5.26. The van der Waals surface area contributed by atoms with Crippen molar-refractivity contribution < 1.29 is 13.2 Å². The molecule has 2 heterocycles. The maximum absolute atomic E-state index is 12.9. The Morgan fingerprint density at radius 1 is 1.20 bits per heavy atom. The van der Waals surface area contributed by atoms with Crippen LogP contribution in [0.5, 0.6) is 0 Å². The van der Waals surface area contributed by atoms with Gasteiger partial charge in [-0.05, 0) is 31.4 Å². The van der Waals surface area contributed by atoms with Crippen molar-refractivity contribution in [1.82, 2.24) is 14.7 Å². The maximum atomic E-state index is 12.9. The summed E-state index contributed by atoms with van der Waals surface area (Å²) in [6, 6.07) is 6.94. The van der Waals surface area contributed by atoms with Crippen molar-refractivity contribution in [2.75, 3.05) is 11.5 Å². The first-order chi connectivity index (χ1) is 11.9. The molecule has 25 heavy (non-hydrogen) atoms. The molecule has 1 aromatic heterocycles. The Labute approximate surface area is 145 Å². The van der Waals surface area contributed by atoms with Crippen molar-refractivity contribution in [3.05, 3.63) is 40.7 Å². The third-order valence-corrected chi connectivity index (χ3v) is 6.63. The summed E-state index contributed by atoms with van der Waals surface area (Å²) in [5.74, 6) is 0.0620. The SMILES string of the molecule is O=C(Cn1ncc(=O)c2ccccc21)N(C1CC1)C1CCS(=O)(=O)C1. The summed E-state index contributed by atoms with van der Waals surface area (Å²) in [6.07, 6.45) is 3.56. The molecule has 1 saturated heterocycles. The Hall–Kier alpha value is -2.22. The van der Waals surface area contributed by atoms with Crippen LogP contribution in [0.1, 0.15) is 19.3 Å². The van der Waals surface area contributed by atoms with Crippen molar-refractivity contribution in [1.29, 1.82) is 0 Å². The first-order valence-corrected chi connectivity index (χ1v) is 10.2. The number of hydrogen-bond donors (Lipinski definition) is 0. The van der Waals surface area contributed by atoms with E-state index in [2.05, 4.69) is 5.10 Å². The number of amides is 1. The molecule has 0 bridgehead atoms. The maximum Gasteiger partial charge on any atom is 0.244 e. The first-order valence-electron chi connectivity index (χ1n) is 8.41. The van der Waals surface area contributed by atoms with E-state index < -0.39 is 9.84 Å². The van der Waals surface area contributed by atoms with E-state index in [0.29, 0.717) is 17.3 Å². The number of carbonyl (C=O) groups excluding carboxylic acids is 1. The second kappa shape index (κ2) is 5.94. The highest BCUT2D eigenvalue weighted by molar-refractivity contribution is 7.91. The molecule has 132 valence electrons. The summed E-state index contributed by atoms with van der Waals surface area (Å²) in [4.78, 5) is 26.6. The molecular formula is C17H19N3O4S. The summed E-state index contributed by atoms with van der Waals surface area (Å²) in [5, 5.41) is 4.62. The molecular weight excluding hydrogens is 342 g/mol. The van der Waals surface area contributed by atoms with Crippen LogP contribution in [0.3, 0.4) is 0 Å². The van der Waals surface area contributed by atoms with E-state index in [0.717, 1.165) is 12.8 Å².